The van der Waals surface area contributed by atoms with Gasteiger partial charge in [-0.2, -0.15) is 0 Å². The van der Waals surface area contributed by atoms with Crippen LogP contribution in [0.5, 0.6) is 0 Å². The molecule has 1 aliphatic rings. The van der Waals surface area contributed by atoms with Gasteiger partial charge in [-0.05, 0) is 39.7 Å². The van der Waals surface area contributed by atoms with Crippen LogP contribution in [-0.4, -0.2) is 47.8 Å². The minimum absolute atomic E-state index is 0.239. The summed E-state index contributed by atoms with van der Waals surface area (Å²) in [6.07, 6.45) is 6.18. The van der Waals surface area contributed by atoms with Crippen molar-refractivity contribution in [3.05, 3.63) is 18.2 Å². The van der Waals surface area contributed by atoms with E-state index in [0.29, 0.717) is 12.6 Å². The third-order valence-electron chi connectivity index (χ3n) is 4.24. The van der Waals surface area contributed by atoms with E-state index in [2.05, 4.69) is 35.3 Å². The van der Waals surface area contributed by atoms with Crippen LogP contribution in [0.1, 0.15) is 44.5 Å². The summed E-state index contributed by atoms with van der Waals surface area (Å²) in [7, 11) is 2.17. The first-order valence-electron chi connectivity index (χ1n) is 7.63. The van der Waals surface area contributed by atoms with Gasteiger partial charge in [0.25, 0.3) is 0 Å². The summed E-state index contributed by atoms with van der Waals surface area (Å²) in [6.45, 7) is 7.85. The Kier molecular flexibility index (Phi) is 5.57. The van der Waals surface area contributed by atoms with E-state index in [9.17, 15) is 0 Å². The molecule has 0 saturated carbocycles. The standard InChI is InChI=1S/C15H28N4O/c1-12(2)19-11-17-9-15(19)14(8-16)18(3)10-13-4-6-20-7-5-13/h9,11-14H,4-8,10,16H2,1-3H3. The average Bonchev–Trinajstić information content (AvgIpc) is 2.90. The second-order valence-corrected chi connectivity index (χ2v) is 6.07. The molecule has 1 aromatic rings. The number of likely N-dealkylation sites (N-methyl/N-ethyl adjacent to an activating group) is 1. The van der Waals surface area contributed by atoms with Gasteiger partial charge in [-0.1, -0.05) is 0 Å². The van der Waals surface area contributed by atoms with Crippen molar-refractivity contribution in [2.24, 2.45) is 11.7 Å². The van der Waals surface area contributed by atoms with Gasteiger partial charge < -0.3 is 15.0 Å². The van der Waals surface area contributed by atoms with Crippen molar-refractivity contribution in [1.82, 2.24) is 14.5 Å². The van der Waals surface area contributed by atoms with Crippen molar-refractivity contribution in [2.75, 3.05) is 33.4 Å². The van der Waals surface area contributed by atoms with Crippen molar-refractivity contribution >= 4 is 0 Å². The number of imidazole rings is 1. The molecule has 0 radical (unpaired) electrons. The van der Waals surface area contributed by atoms with Crippen LogP contribution >= 0.6 is 0 Å². The van der Waals surface area contributed by atoms with E-state index >= 15 is 0 Å². The van der Waals surface area contributed by atoms with Gasteiger partial charge in [-0.3, -0.25) is 4.90 Å². The first-order chi connectivity index (χ1) is 9.63. The van der Waals surface area contributed by atoms with Gasteiger partial charge in [0.2, 0.25) is 0 Å². The number of hydrogen-bond donors (Lipinski definition) is 1. The zero-order valence-corrected chi connectivity index (χ0v) is 13.0. The molecule has 1 saturated heterocycles. The molecule has 0 bridgehead atoms. The lowest BCUT2D eigenvalue weighted by molar-refractivity contribution is 0.0502. The van der Waals surface area contributed by atoms with Gasteiger partial charge in [0.1, 0.15) is 0 Å². The molecule has 1 aromatic heterocycles. The molecule has 1 aliphatic heterocycles. The molecule has 5 nitrogen and oxygen atoms in total. The van der Waals surface area contributed by atoms with Crippen molar-refractivity contribution in [3.63, 3.8) is 0 Å². The van der Waals surface area contributed by atoms with E-state index in [1.54, 1.807) is 0 Å². The van der Waals surface area contributed by atoms with Gasteiger partial charge in [-0.25, -0.2) is 4.98 Å². The summed E-state index contributed by atoms with van der Waals surface area (Å²) < 4.78 is 7.65. The predicted octanol–water partition coefficient (Wildman–Crippen LogP) is 1.82. The Balaban J connectivity index is 2.04. The highest BCUT2D eigenvalue weighted by Crippen LogP contribution is 2.24. The van der Waals surface area contributed by atoms with Crippen molar-refractivity contribution in [1.29, 1.82) is 0 Å². The third kappa shape index (κ3) is 3.59. The van der Waals surface area contributed by atoms with Crippen LogP contribution in [-0.2, 0) is 4.74 Å². The summed E-state index contributed by atoms with van der Waals surface area (Å²) in [6, 6.07) is 0.653. The maximum Gasteiger partial charge on any atom is 0.0951 e. The number of hydrogen-bond acceptors (Lipinski definition) is 4. The minimum atomic E-state index is 0.239. The molecule has 0 amide bonds. The van der Waals surface area contributed by atoms with E-state index in [1.165, 1.54) is 5.69 Å². The molecule has 0 aliphatic carbocycles. The van der Waals surface area contributed by atoms with E-state index in [0.717, 1.165) is 38.5 Å². The van der Waals surface area contributed by atoms with Crippen molar-refractivity contribution in [3.8, 4) is 0 Å². The van der Waals surface area contributed by atoms with E-state index in [1.807, 2.05) is 12.5 Å². The average molecular weight is 280 g/mol. The van der Waals surface area contributed by atoms with Crippen LogP contribution in [0.2, 0.25) is 0 Å². The maximum absolute atomic E-state index is 6.03. The first kappa shape index (κ1) is 15.5. The van der Waals surface area contributed by atoms with Gasteiger partial charge in [0, 0.05) is 38.5 Å². The minimum Gasteiger partial charge on any atom is -0.381 e. The largest absolute Gasteiger partial charge is 0.381 e. The highest BCUT2D eigenvalue weighted by molar-refractivity contribution is 5.07. The van der Waals surface area contributed by atoms with Crippen LogP contribution in [0.15, 0.2) is 12.5 Å². The van der Waals surface area contributed by atoms with Crippen LogP contribution in [0.25, 0.3) is 0 Å². The molecule has 2 rings (SSSR count). The van der Waals surface area contributed by atoms with Gasteiger partial charge >= 0.3 is 0 Å². The lowest BCUT2D eigenvalue weighted by Gasteiger charge is -2.33. The highest BCUT2D eigenvalue weighted by atomic mass is 16.5. The van der Waals surface area contributed by atoms with Crippen LogP contribution in [0.4, 0.5) is 0 Å². The second-order valence-electron chi connectivity index (χ2n) is 6.07. The molecule has 0 aromatic carbocycles. The van der Waals surface area contributed by atoms with E-state index in [-0.39, 0.29) is 6.04 Å². The van der Waals surface area contributed by atoms with Gasteiger partial charge in [-0.15, -0.1) is 0 Å². The first-order valence-corrected chi connectivity index (χ1v) is 7.63. The van der Waals surface area contributed by atoms with Gasteiger partial charge in [0.15, 0.2) is 0 Å². The fraction of sp³-hybridized carbons (Fsp3) is 0.800. The number of nitrogens with two attached hydrogens (primary N) is 1. The number of ether oxygens (including phenoxy) is 1. The lowest BCUT2D eigenvalue weighted by Crippen LogP contribution is -2.37. The molecular formula is C15H28N4O. The predicted molar refractivity (Wildman–Crippen MR) is 80.6 cm³/mol. The van der Waals surface area contributed by atoms with E-state index < -0.39 is 0 Å². The van der Waals surface area contributed by atoms with E-state index in [4.69, 9.17) is 10.5 Å². The molecule has 20 heavy (non-hydrogen) atoms. The SMILES string of the molecule is CC(C)n1cncc1C(CN)N(C)CC1CCOCC1. The zero-order valence-electron chi connectivity index (χ0n) is 13.0. The Morgan fingerprint density at radius 3 is 2.75 bits per heavy atom. The summed E-state index contributed by atoms with van der Waals surface area (Å²) in [5, 5.41) is 0. The molecule has 1 unspecified atom stereocenters. The van der Waals surface area contributed by atoms with Crippen molar-refractivity contribution < 1.29 is 4.74 Å². The fourth-order valence-corrected chi connectivity index (χ4v) is 2.99. The highest BCUT2D eigenvalue weighted by Gasteiger charge is 2.23. The Hall–Kier alpha value is -0.910. The molecule has 1 atom stereocenters. The molecule has 2 heterocycles. The zero-order chi connectivity index (χ0) is 14.5. The number of aromatic nitrogens is 2. The quantitative estimate of drug-likeness (QED) is 0.863. The van der Waals surface area contributed by atoms with Crippen LogP contribution in [0, 0.1) is 5.92 Å². The fourth-order valence-electron chi connectivity index (χ4n) is 2.99. The lowest BCUT2D eigenvalue weighted by atomic mass is 9.99. The molecule has 0 spiro atoms. The Bertz CT molecular complexity index is 398. The molecule has 5 heteroatoms. The summed E-state index contributed by atoms with van der Waals surface area (Å²) in [5.41, 5.74) is 7.25. The number of rotatable bonds is 6. The molecular weight excluding hydrogens is 252 g/mol. The maximum atomic E-state index is 6.03. The van der Waals surface area contributed by atoms with Crippen molar-refractivity contribution in [2.45, 2.75) is 38.8 Å². The Morgan fingerprint density at radius 1 is 1.45 bits per heavy atom. The molecule has 2 N–H and O–H groups in total. The third-order valence-corrected chi connectivity index (χ3v) is 4.24. The Labute approximate surface area is 122 Å². The molecule has 114 valence electrons. The van der Waals surface area contributed by atoms with Crippen LogP contribution in [0.3, 0.4) is 0 Å². The normalized spacial score (nSPS) is 18.9. The number of nitrogens with zero attached hydrogens (tertiary/aromatic N) is 3. The second kappa shape index (κ2) is 7.20. The van der Waals surface area contributed by atoms with Gasteiger partial charge in [0.05, 0.1) is 18.1 Å². The topological polar surface area (TPSA) is 56.3 Å². The molecule has 1 fully saturated rings. The summed E-state index contributed by atoms with van der Waals surface area (Å²) >= 11 is 0. The van der Waals surface area contributed by atoms with Crippen LogP contribution < -0.4 is 5.73 Å². The smallest absolute Gasteiger partial charge is 0.0951 e. The monoisotopic (exact) mass is 280 g/mol. The summed E-state index contributed by atoms with van der Waals surface area (Å²) in [4.78, 5) is 6.68. The summed E-state index contributed by atoms with van der Waals surface area (Å²) in [5.74, 6) is 0.721. The Morgan fingerprint density at radius 2 is 2.15 bits per heavy atom.